The van der Waals surface area contributed by atoms with E-state index in [-0.39, 0.29) is 10.7 Å². The number of hydrogen-bond donors (Lipinski definition) is 0. The fraction of sp³-hybridized carbons (Fsp3) is 0.118. The van der Waals surface area contributed by atoms with Gasteiger partial charge in [-0.25, -0.2) is 4.98 Å². The lowest BCUT2D eigenvalue weighted by Gasteiger charge is -2.17. The fourth-order valence-electron chi connectivity index (χ4n) is 2.24. The Balaban J connectivity index is 2.29. The van der Waals surface area contributed by atoms with E-state index in [2.05, 4.69) is 4.98 Å². The molecule has 0 aliphatic rings. The molecular weight excluding hydrogens is 348 g/mol. The first-order chi connectivity index (χ1) is 11.5. The first-order valence-corrected chi connectivity index (χ1v) is 8.38. The summed E-state index contributed by atoms with van der Waals surface area (Å²) in [6, 6.07) is 13.7. The predicted octanol–water partition coefficient (Wildman–Crippen LogP) is 2.27. The molecule has 0 radical (unpaired) electrons. The van der Waals surface area contributed by atoms with E-state index >= 15 is 0 Å². The molecule has 7 heteroatoms. The number of carboxylic acids is 1. The lowest BCUT2D eigenvalue weighted by atomic mass is 10.2. The Kier molecular flexibility index (Phi) is 4.59. The number of aliphatic carboxylic acids is 1. The van der Waals surface area contributed by atoms with E-state index in [0.29, 0.717) is 21.6 Å². The molecule has 0 spiro atoms. The van der Waals surface area contributed by atoms with Crippen LogP contribution in [0, 0.1) is 0 Å². The maximum absolute atomic E-state index is 12.9. The molecule has 3 rings (SSSR count). The highest BCUT2D eigenvalue weighted by Gasteiger charge is 2.16. The smallest absolute Gasteiger partial charge is 0.266 e. The molecule has 0 bridgehead atoms. The van der Waals surface area contributed by atoms with Crippen LogP contribution in [0.25, 0.3) is 16.6 Å². The number of carbonyl (C=O) groups excluding carboxylic acids is 1. The third-order valence-electron chi connectivity index (χ3n) is 3.43. The van der Waals surface area contributed by atoms with Gasteiger partial charge in [-0.15, -0.1) is 0 Å². The molecule has 1 atom stereocenters. The molecule has 0 saturated heterocycles. The van der Waals surface area contributed by atoms with E-state index < -0.39 is 11.2 Å². The van der Waals surface area contributed by atoms with Gasteiger partial charge in [-0.05, 0) is 37.3 Å². The molecular formula is C17H12ClN2O3S-. The van der Waals surface area contributed by atoms with Crippen LogP contribution in [0.1, 0.15) is 6.92 Å². The summed E-state index contributed by atoms with van der Waals surface area (Å²) in [6.45, 7) is 1.49. The van der Waals surface area contributed by atoms with Gasteiger partial charge < -0.3 is 9.90 Å². The van der Waals surface area contributed by atoms with Crippen LogP contribution in [0.5, 0.6) is 0 Å². The topological polar surface area (TPSA) is 75.0 Å². The van der Waals surface area contributed by atoms with Gasteiger partial charge in [0.05, 0.1) is 22.6 Å². The van der Waals surface area contributed by atoms with E-state index in [1.807, 2.05) is 0 Å². The number of aromatic nitrogens is 2. The van der Waals surface area contributed by atoms with Gasteiger partial charge in [0.2, 0.25) is 0 Å². The third-order valence-corrected chi connectivity index (χ3v) is 4.69. The number of hydrogen-bond acceptors (Lipinski definition) is 5. The molecule has 0 amide bonds. The Morgan fingerprint density at radius 3 is 2.71 bits per heavy atom. The zero-order valence-corrected chi connectivity index (χ0v) is 14.2. The lowest BCUT2D eigenvalue weighted by molar-refractivity contribution is -0.304. The van der Waals surface area contributed by atoms with Gasteiger partial charge in [0.25, 0.3) is 5.56 Å². The Labute approximate surface area is 146 Å². The normalized spacial score (nSPS) is 12.2. The average Bonchev–Trinajstić information content (AvgIpc) is 2.55. The highest BCUT2D eigenvalue weighted by molar-refractivity contribution is 8.00. The van der Waals surface area contributed by atoms with E-state index in [1.165, 1.54) is 11.5 Å². The number of nitrogens with zero attached hydrogens (tertiary/aromatic N) is 2. The van der Waals surface area contributed by atoms with Crippen molar-refractivity contribution in [3.63, 3.8) is 0 Å². The predicted molar refractivity (Wildman–Crippen MR) is 92.7 cm³/mol. The Hall–Kier alpha value is -2.31. The average molecular weight is 360 g/mol. The van der Waals surface area contributed by atoms with Crippen molar-refractivity contribution in [2.45, 2.75) is 17.3 Å². The van der Waals surface area contributed by atoms with Gasteiger partial charge in [-0.2, -0.15) is 0 Å². The van der Waals surface area contributed by atoms with Gasteiger partial charge in [-0.3, -0.25) is 9.36 Å². The maximum atomic E-state index is 12.9. The number of benzene rings is 2. The Morgan fingerprint density at radius 1 is 1.25 bits per heavy atom. The highest BCUT2D eigenvalue weighted by Crippen LogP contribution is 2.25. The molecule has 5 nitrogen and oxygen atoms in total. The number of fused-ring (bicyclic) bond motifs is 1. The molecule has 3 aromatic rings. The van der Waals surface area contributed by atoms with Gasteiger partial charge in [-0.1, -0.05) is 41.6 Å². The third kappa shape index (κ3) is 3.16. The Morgan fingerprint density at radius 2 is 2.00 bits per heavy atom. The van der Waals surface area contributed by atoms with E-state index in [4.69, 9.17) is 11.6 Å². The Bertz CT molecular complexity index is 987. The highest BCUT2D eigenvalue weighted by atomic mass is 35.5. The van der Waals surface area contributed by atoms with Gasteiger partial charge in [0.15, 0.2) is 5.16 Å². The zero-order valence-electron chi connectivity index (χ0n) is 12.6. The second-order valence-electron chi connectivity index (χ2n) is 5.11. The first kappa shape index (κ1) is 16.5. The molecule has 1 heterocycles. The monoisotopic (exact) mass is 359 g/mol. The quantitative estimate of drug-likeness (QED) is 0.527. The van der Waals surface area contributed by atoms with Gasteiger partial charge in [0.1, 0.15) is 0 Å². The molecule has 1 aromatic heterocycles. The van der Waals surface area contributed by atoms with Crippen molar-refractivity contribution in [1.29, 1.82) is 0 Å². The van der Waals surface area contributed by atoms with Gasteiger partial charge in [0, 0.05) is 10.3 Å². The standard InChI is InChI=1S/C17H13ClN2O3S/c1-10(16(22)23)24-17-19-14-8-3-2-7-13(14)15(21)20(17)12-6-4-5-11(18)9-12/h2-10H,1H3,(H,22,23)/p-1/t10-/m0/s1. The SMILES string of the molecule is C[C@H](Sc1nc2ccccc2c(=O)n1-c1cccc(Cl)c1)C(=O)[O-]. The van der Waals surface area contributed by atoms with Crippen molar-refractivity contribution >= 4 is 40.2 Å². The number of para-hydroxylation sites is 1. The molecule has 0 fully saturated rings. The van der Waals surface area contributed by atoms with Crippen LogP contribution >= 0.6 is 23.4 Å². The van der Waals surface area contributed by atoms with Crippen LogP contribution in [0.4, 0.5) is 0 Å². The number of carboxylic acid groups (broad SMARTS) is 1. The maximum Gasteiger partial charge on any atom is 0.266 e. The van der Waals surface area contributed by atoms with Crippen LogP contribution < -0.4 is 10.7 Å². The summed E-state index contributed by atoms with van der Waals surface area (Å²) in [6.07, 6.45) is 0. The summed E-state index contributed by atoms with van der Waals surface area (Å²) >= 11 is 6.98. The summed E-state index contributed by atoms with van der Waals surface area (Å²) in [5.41, 5.74) is 0.753. The summed E-state index contributed by atoms with van der Waals surface area (Å²) in [7, 11) is 0. The van der Waals surface area contributed by atoms with E-state index in [9.17, 15) is 14.7 Å². The van der Waals surface area contributed by atoms with Crippen LogP contribution in [0.3, 0.4) is 0 Å². The second-order valence-corrected chi connectivity index (χ2v) is 6.86. The second kappa shape index (κ2) is 6.67. The molecule has 2 aromatic carbocycles. The van der Waals surface area contributed by atoms with Crippen LogP contribution in [0.2, 0.25) is 5.02 Å². The lowest BCUT2D eigenvalue weighted by Crippen LogP contribution is -2.32. The fourth-order valence-corrected chi connectivity index (χ4v) is 3.28. The molecule has 0 aliphatic heterocycles. The van der Waals surface area contributed by atoms with Crippen molar-refractivity contribution in [1.82, 2.24) is 9.55 Å². The molecule has 0 N–H and O–H groups in total. The molecule has 122 valence electrons. The summed E-state index contributed by atoms with van der Waals surface area (Å²) in [5, 5.41) is 11.4. The molecule has 0 unspecified atom stereocenters. The van der Waals surface area contributed by atoms with Crippen LogP contribution in [-0.2, 0) is 4.79 Å². The number of carbonyl (C=O) groups is 1. The van der Waals surface area contributed by atoms with Crippen molar-refractivity contribution in [2.24, 2.45) is 0 Å². The zero-order chi connectivity index (χ0) is 17.3. The van der Waals surface area contributed by atoms with E-state index in [1.54, 1.807) is 48.5 Å². The molecule has 24 heavy (non-hydrogen) atoms. The largest absolute Gasteiger partial charge is 0.549 e. The van der Waals surface area contributed by atoms with Crippen LogP contribution in [0.15, 0.2) is 58.5 Å². The summed E-state index contributed by atoms with van der Waals surface area (Å²) in [5.74, 6) is -1.22. The first-order valence-electron chi connectivity index (χ1n) is 7.12. The van der Waals surface area contributed by atoms with Gasteiger partial charge >= 0.3 is 0 Å². The molecule has 0 saturated carbocycles. The van der Waals surface area contributed by atoms with Crippen molar-refractivity contribution in [2.75, 3.05) is 0 Å². The van der Waals surface area contributed by atoms with E-state index in [0.717, 1.165) is 11.8 Å². The van der Waals surface area contributed by atoms with Crippen molar-refractivity contribution in [3.05, 3.63) is 63.9 Å². The van der Waals surface area contributed by atoms with Crippen LogP contribution in [-0.4, -0.2) is 20.8 Å². The number of thioether (sulfide) groups is 1. The summed E-state index contributed by atoms with van der Waals surface area (Å²) in [4.78, 5) is 28.5. The minimum Gasteiger partial charge on any atom is -0.549 e. The molecule has 0 aliphatic carbocycles. The summed E-state index contributed by atoms with van der Waals surface area (Å²) < 4.78 is 1.37. The minimum atomic E-state index is -1.22. The van der Waals surface area contributed by atoms with Crippen molar-refractivity contribution < 1.29 is 9.90 Å². The minimum absolute atomic E-state index is 0.276. The number of rotatable bonds is 4. The number of halogens is 1. The van der Waals surface area contributed by atoms with Crippen molar-refractivity contribution in [3.8, 4) is 5.69 Å².